The van der Waals surface area contributed by atoms with Gasteiger partial charge in [0.2, 0.25) is 0 Å². The van der Waals surface area contributed by atoms with Crippen molar-refractivity contribution in [1.29, 1.82) is 0 Å². The van der Waals surface area contributed by atoms with Crippen molar-refractivity contribution >= 4 is 0 Å². The number of ether oxygens (including phenoxy) is 1. The normalized spacial score (nSPS) is 28.5. The zero-order valence-electron chi connectivity index (χ0n) is 7.13. The Morgan fingerprint density at radius 2 is 2.38 bits per heavy atom. The van der Waals surface area contributed by atoms with Crippen LogP contribution >= 0.6 is 0 Å². The van der Waals surface area contributed by atoms with Gasteiger partial charge in [0.1, 0.15) is 6.10 Å². The van der Waals surface area contributed by atoms with Crippen LogP contribution in [0.15, 0.2) is 24.4 Å². The zero-order chi connectivity index (χ0) is 9.26. The molecule has 0 aromatic carbocycles. The van der Waals surface area contributed by atoms with E-state index in [0.29, 0.717) is 6.42 Å². The van der Waals surface area contributed by atoms with Crippen LogP contribution in [0.5, 0.6) is 0 Å². The van der Waals surface area contributed by atoms with E-state index >= 15 is 0 Å². The molecule has 1 aliphatic rings. The molecule has 0 amide bonds. The number of nitrogens with two attached hydrogens (primary N) is 1. The Morgan fingerprint density at radius 1 is 1.62 bits per heavy atom. The number of hydrogen-bond donors (Lipinski definition) is 2. The van der Waals surface area contributed by atoms with E-state index in [1.807, 2.05) is 18.2 Å². The van der Waals surface area contributed by atoms with E-state index in [1.165, 1.54) is 0 Å². The number of epoxide rings is 1. The van der Waals surface area contributed by atoms with Crippen molar-refractivity contribution < 1.29 is 9.84 Å². The molecule has 4 nitrogen and oxygen atoms in total. The van der Waals surface area contributed by atoms with E-state index in [2.05, 4.69) is 4.98 Å². The van der Waals surface area contributed by atoms with Crippen LogP contribution in [0.1, 0.15) is 5.69 Å². The van der Waals surface area contributed by atoms with Gasteiger partial charge in [0.05, 0.1) is 0 Å². The van der Waals surface area contributed by atoms with Gasteiger partial charge < -0.3 is 15.6 Å². The van der Waals surface area contributed by atoms with Crippen molar-refractivity contribution in [3.63, 3.8) is 0 Å². The van der Waals surface area contributed by atoms with Gasteiger partial charge in [-0.05, 0) is 12.1 Å². The molecule has 1 saturated heterocycles. The second-order valence-electron chi connectivity index (χ2n) is 3.18. The largest absolute Gasteiger partial charge is 0.366 e. The second kappa shape index (κ2) is 3.41. The molecule has 13 heavy (non-hydrogen) atoms. The maximum absolute atomic E-state index is 8.95. The van der Waals surface area contributed by atoms with Crippen molar-refractivity contribution in [2.24, 2.45) is 5.73 Å². The molecule has 2 unspecified atom stereocenters. The number of aliphatic hydroxyl groups is 1. The summed E-state index contributed by atoms with van der Waals surface area (Å²) in [6.07, 6.45) is 1.50. The average Bonchev–Trinajstić information content (AvgIpc) is 2.84. The first-order chi connectivity index (χ1) is 6.27. The lowest BCUT2D eigenvalue weighted by Gasteiger charge is -2.06. The Labute approximate surface area is 76.4 Å². The van der Waals surface area contributed by atoms with Crippen molar-refractivity contribution in [1.82, 2.24) is 4.98 Å². The molecule has 0 radical (unpaired) electrons. The van der Waals surface area contributed by atoms with Gasteiger partial charge in [-0.2, -0.15) is 0 Å². The highest BCUT2D eigenvalue weighted by Crippen LogP contribution is 2.22. The van der Waals surface area contributed by atoms with Crippen LogP contribution in [0.3, 0.4) is 0 Å². The van der Waals surface area contributed by atoms with Crippen LogP contribution < -0.4 is 5.73 Å². The summed E-state index contributed by atoms with van der Waals surface area (Å²) in [6, 6.07) is 5.52. The minimum atomic E-state index is -0.668. The molecule has 0 saturated carbocycles. The highest BCUT2D eigenvalue weighted by atomic mass is 16.7. The van der Waals surface area contributed by atoms with E-state index in [1.54, 1.807) is 6.20 Å². The fourth-order valence-corrected chi connectivity index (χ4v) is 1.30. The number of hydrogen-bond acceptors (Lipinski definition) is 4. The van der Waals surface area contributed by atoms with Crippen LogP contribution in [0, 0.1) is 0 Å². The minimum Gasteiger partial charge on any atom is -0.366 e. The van der Waals surface area contributed by atoms with Gasteiger partial charge >= 0.3 is 0 Å². The van der Waals surface area contributed by atoms with Gasteiger partial charge in [-0.3, -0.25) is 4.98 Å². The topological polar surface area (TPSA) is 71.7 Å². The number of pyridine rings is 1. The molecule has 4 heteroatoms. The predicted molar refractivity (Wildman–Crippen MR) is 46.8 cm³/mol. The fourth-order valence-electron chi connectivity index (χ4n) is 1.30. The Morgan fingerprint density at radius 3 is 2.92 bits per heavy atom. The van der Waals surface area contributed by atoms with Crippen molar-refractivity contribution in [2.75, 3.05) is 0 Å². The standard InChI is InChI=1S/C9H12N2O2/c10-7(8-9(12)13-8)5-6-3-1-2-4-11-6/h1-4,7-9,12H,5,10H2/t7-,8?,9?/m0/s1. The monoisotopic (exact) mass is 180 g/mol. The third kappa shape index (κ3) is 2.03. The van der Waals surface area contributed by atoms with E-state index in [0.717, 1.165) is 5.69 Å². The van der Waals surface area contributed by atoms with Gasteiger partial charge in [-0.1, -0.05) is 6.07 Å². The van der Waals surface area contributed by atoms with Crippen LogP contribution in [0.4, 0.5) is 0 Å². The Bertz CT molecular complexity index is 278. The molecule has 3 atom stereocenters. The van der Waals surface area contributed by atoms with Crippen LogP contribution in [-0.4, -0.2) is 28.5 Å². The van der Waals surface area contributed by atoms with E-state index in [-0.39, 0.29) is 12.1 Å². The summed E-state index contributed by atoms with van der Waals surface area (Å²) in [5, 5.41) is 8.95. The lowest BCUT2D eigenvalue weighted by Crippen LogP contribution is -2.30. The first-order valence-corrected chi connectivity index (χ1v) is 4.26. The molecule has 0 aliphatic carbocycles. The van der Waals surface area contributed by atoms with Crippen molar-refractivity contribution in [2.45, 2.75) is 24.9 Å². The maximum Gasteiger partial charge on any atom is 0.183 e. The summed E-state index contributed by atoms with van der Waals surface area (Å²) in [4.78, 5) is 4.14. The maximum atomic E-state index is 8.95. The number of aliphatic hydroxyl groups excluding tert-OH is 1. The summed E-state index contributed by atoms with van der Waals surface area (Å²) in [7, 11) is 0. The van der Waals surface area contributed by atoms with Crippen molar-refractivity contribution in [3.8, 4) is 0 Å². The second-order valence-corrected chi connectivity index (χ2v) is 3.18. The number of rotatable bonds is 3. The molecular formula is C9H12N2O2. The van der Waals surface area contributed by atoms with E-state index in [9.17, 15) is 0 Å². The lowest BCUT2D eigenvalue weighted by atomic mass is 10.1. The molecule has 1 aliphatic heterocycles. The van der Waals surface area contributed by atoms with Gasteiger partial charge in [0.25, 0.3) is 0 Å². The van der Waals surface area contributed by atoms with Gasteiger partial charge in [-0.25, -0.2) is 0 Å². The molecule has 2 heterocycles. The predicted octanol–water partition coefficient (Wildman–Crippen LogP) is -0.331. The summed E-state index contributed by atoms with van der Waals surface area (Å²) < 4.78 is 4.85. The summed E-state index contributed by atoms with van der Waals surface area (Å²) in [5.74, 6) is 0. The van der Waals surface area contributed by atoms with Crippen molar-refractivity contribution in [3.05, 3.63) is 30.1 Å². The van der Waals surface area contributed by atoms with Gasteiger partial charge in [0, 0.05) is 24.4 Å². The quantitative estimate of drug-likeness (QED) is 0.625. The highest BCUT2D eigenvalue weighted by molar-refractivity contribution is 5.06. The molecule has 0 spiro atoms. The van der Waals surface area contributed by atoms with Crippen LogP contribution in [0.2, 0.25) is 0 Å². The first-order valence-electron chi connectivity index (χ1n) is 4.26. The number of aromatic nitrogens is 1. The smallest absolute Gasteiger partial charge is 0.183 e. The first kappa shape index (κ1) is 8.62. The Hall–Kier alpha value is -0.970. The van der Waals surface area contributed by atoms with Crippen LogP contribution in [0.25, 0.3) is 0 Å². The zero-order valence-corrected chi connectivity index (χ0v) is 7.13. The molecule has 3 N–H and O–H groups in total. The molecule has 0 bridgehead atoms. The molecule has 2 rings (SSSR count). The van der Waals surface area contributed by atoms with E-state index in [4.69, 9.17) is 15.6 Å². The minimum absolute atomic E-state index is 0.162. The lowest BCUT2D eigenvalue weighted by molar-refractivity contribution is 0.155. The van der Waals surface area contributed by atoms with Crippen LogP contribution in [-0.2, 0) is 11.2 Å². The summed E-state index contributed by atoms with van der Waals surface area (Å²) in [6.45, 7) is 0. The SMILES string of the molecule is N[C@@H](Cc1ccccn1)C1OC1O. The molecule has 1 aromatic rings. The fraction of sp³-hybridized carbons (Fsp3) is 0.444. The van der Waals surface area contributed by atoms with Gasteiger partial charge in [0.15, 0.2) is 6.29 Å². The van der Waals surface area contributed by atoms with Gasteiger partial charge in [-0.15, -0.1) is 0 Å². The average molecular weight is 180 g/mol. The molecule has 70 valence electrons. The van der Waals surface area contributed by atoms with E-state index < -0.39 is 6.29 Å². The third-order valence-corrected chi connectivity index (χ3v) is 2.09. The molecule has 1 aromatic heterocycles. The molecule has 1 fully saturated rings. The summed E-state index contributed by atoms with van der Waals surface area (Å²) in [5.41, 5.74) is 6.70. The Balaban J connectivity index is 1.91. The summed E-state index contributed by atoms with van der Waals surface area (Å²) >= 11 is 0. The Kier molecular flexibility index (Phi) is 2.26. The molecular weight excluding hydrogens is 168 g/mol. The highest BCUT2D eigenvalue weighted by Gasteiger charge is 2.41. The number of nitrogens with zero attached hydrogens (tertiary/aromatic N) is 1. The third-order valence-electron chi connectivity index (χ3n) is 2.09.